The van der Waals surface area contributed by atoms with E-state index in [0.29, 0.717) is 5.92 Å². The highest BCUT2D eigenvalue weighted by atomic mass is 14.2. The van der Waals surface area contributed by atoms with Gasteiger partial charge in [0.05, 0.1) is 0 Å². The predicted octanol–water partition coefficient (Wildman–Crippen LogP) is 7.46. The summed E-state index contributed by atoms with van der Waals surface area (Å²) in [5.41, 5.74) is 5.38. The van der Waals surface area contributed by atoms with Crippen LogP contribution in [0.2, 0.25) is 0 Å². The van der Waals surface area contributed by atoms with E-state index in [0.717, 1.165) is 12.8 Å². The van der Waals surface area contributed by atoms with Crippen LogP contribution < -0.4 is 0 Å². The average molecular weight is 301 g/mol. The Hall–Kier alpha value is -1.30. The van der Waals surface area contributed by atoms with Crippen molar-refractivity contribution in [1.82, 2.24) is 0 Å². The Bertz CT molecular complexity index is 422. The van der Waals surface area contributed by atoms with Crippen LogP contribution in [0.4, 0.5) is 0 Å². The summed E-state index contributed by atoms with van der Waals surface area (Å²) in [4.78, 5) is 0. The first-order chi connectivity index (χ1) is 10.6. The van der Waals surface area contributed by atoms with Crippen LogP contribution in [0.3, 0.4) is 0 Å². The van der Waals surface area contributed by atoms with Crippen molar-refractivity contribution in [2.45, 2.75) is 79.1 Å². The maximum absolute atomic E-state index is 4.16. The second-order valence-electron chi connectivity index (χ2n) is 5.91. The maximum Gasteiger partial charge on any atom is 0.00797 e. The van der Waals surface area contributed by atoms with Gasteiger partial charge in [0, 0.05) is 5.92 Å². The molecule has 0 aliphatic heterocycles. The third kappa shape index (κ3) is 7.64. The van der Waals surface area contributed by atoms with Gasteiger partial charge in [0.15, 0.2) is 0 Å². The number of rotatable bonds is 9. The van der Waals surface area contributed by atoms with Gasteiger partial charge in [-0.25, -0.2) is 0 Å². The van der Waals surface area contributed by atoms with Gasteiger partial charge in [-0.1, -0.05) is 89.1 Å². The number of aryl methyl sites for hydroxylation is 1. The fraction of sp³-hybridized carbons (Fsp3) is 0.545. The van der Waals surface area contributed by atoms with E-state index >= 15 is 0 Å². The first-order valence-corrected chi connectivity index (χ1v) is 8.99. The minimum absolute atomic E-state index is 0.423. The molecule has 0 radical (unpaired) electrons. The number of hydrogen-bond donors (Lipinski definition) is 0. The fourth-order valence-corrected chi connectivity index (χ4v) is 2.51. The molecule has 0 aliphatic rings. The molecule has 22 heavy (non-hydrogen) atoms. The van der Waals surface area contributed by atoms with Crippen LogP contribution in [0, 0.1) is 0 Å². The van der Waals surface area contributed by atoms with E-state index in [1.165, 1.54) is 48.0 Å². The van der Waals surface area contributed by atoms with Gasteiger partial charge in [-0.3, -0.25) is 0 Å². The summed E-state index contributed by atoms with van der Waals surface area (Å²) in [7, 11) is 0. The molecule has 1 aromatic carbocycles. The first kappa shape index (κ1) is 20.7. The van der Waals surface area contributed by atoms with Crippen LogP contribution in [0.1, 0.15) is 83.8 Å². The van der Waals surface area contributed by atoms with Gasteiger partial charge in [-0.2, -0.15) is 0 Å². The molecule has 124 valence electrons. The first-order valence-electron chi connectivity index (χ1n) is 8.99. The van der Waals surface area contributed by atoms with Crippen LogP contribution >= 0.6 is 0 Å². The molecular weight excluding hydrogens is 264 g/mol. The minimum Gasteiger partial charge on any atom is -0.0998 e. The fourth-order valence-electron chi connectivity index (χ4n) is 2.51. The Labute approximate surface area is 139 Å². The third-order valence-corrected chi connectivity index (χ3v) is 4.04. The monoisotopic (exact) mass is 300 g/mol. The molecule has 0 N–H and O–H groups in total. The SMILES string of the molecule is C=C(CC)CC(C(=C)C)c1ccc(CCCCC)cc1.CC. The van der Waals surface area contributed by atoms with Crippen LogP contribution in [0.25, 0.3) is 0 Å². The van der Waals surface area contributed by atoms with Crippen molar-refractivity contribution in [3.8, 4) is 0 Å². The van der Waals surface area contributed by atoms with Crippen LogP contribution in [0.15, 0.2) is 48.6 Å². The van der Waals surface area contributed by atoms with E-state index in [-0.39, 0.29) is 0 Å². The highest BCUT2D eigenvalue weighted by Gasteiger charge is 2.13. The van der Waals surface area contributed by atoms with Gasteiger partial charge in [0.1, 0.15) is 0 Å². The molecule has 0 heterocycles. The number of allylic oxidation sites excluding steroid dienone is 2. The topological polar surface area (TPSA) is 0 Å². The molecule has 1 aromatic rings. The van der Waals surface area contributed by atoms with Crippen molar-refractivity contribution in [3.63, 3.8) is 0 Å². The van der Waals surface area contributed by atoms with Crippen molar-refractivity contribution in [2.75, 3.05) is 0 Å². The molecule has 0 aromatic heterocycles. The second kappa shape index (κ2) is 12.3. The normalized spacial score (nSPS) is 11.3. The summed E-state index contributed by atoms with van der Waals surface area (Å²) in [6.07, 6.45) is 7.20. The number of hydrogen-bond acceptors (Lipinski definition) is 0. The summed E-state index contributed by atoms with van der Waals surface area (Å²) in [5.74, 6) is 0.423. The molecule has 0 aliphatic carbocycles. The summed E-state index contributed by atoms with van der Waals surface area (Å²) in [5, 5.41) is 0. The Balaban J connectivity index is 0.00000211. The van der Waals surface area contributed by atoms with Crippen LogP contribution in [-0.4, -0.2) is 0 Å². The lowest BCUT2D eigenvalue weighted by Gasteiger charge is -2.19. The molecule has 0 bridgehead atoms. The van der Waals surface area contributed by atoms with E-state index in [1.54, 1.807) is 0 Å². The minimum atomic E-state index is 0.423. The molecule has 0 saturated heterocycles. The van der Waals surface area contributed by atoms with E-state index in [1.807, 2.05) is 13.8 Å². The van der Waals surface area contributed by atoms with Gasteiger partial charge in [-0.15, -0.1) is 0 Å². The van der Waals surface area contributed by atoms with E-state index < -0.39 is 0 Å². The zero-order valence-electron chi connectivity index (χ0n) is 15.5. The highest BCUT2D eigenvalue weighted by Crippen LogP contribution is 2.30. The van der Waals surface area contributed by atoms with E-state index in [4.69, 9.17) is 0 Å². The molecule has 1 rings (SSSR count). The molecule has 0 amide bonds. The standard InChI is InChI=1S/C20H30.C2H6/c1-6-8-9-10-18-11-13-19(14-12-18)20(16(3)4)15-17(5)7-2;1-2/h11-14,20H,3,5-10,15H2,1-2,4H3;1-2H3. The zero-order chi connectivity index (χ0) is 17.0. The predicted molar refractivity (Wildman–Crippen MR) is 103 cm³/mol. The van der Waals surface area contributed by atoms with Crippen molar-refractivity contribution in [2.24, 2.45) is 0 Å². The molecule has 0 spiro atoms. The zero-order valence-corrected chi connectivity index (χ0v) is 15.5. The average Bonchev–Trinajstić information content (AvgIpc) is 2.55. The Morgan fingerprint density at radius 2 is 1.59 bits per heavy atom. The third-order valence-electron chi connectivity index (χ3n) is 4.04. The summed E-state index contributed by atoms with van der Waals surface area (Å²) < 4.78 is 0. The van der Waals surface area contributed by atoms with Gasteiger partial charge in [0.25, 0.3) is 0 Å². The highest BCUT2D eigenvalue weighted by molar-refractivity contribution is 5.31. The smallest absolute Gasteiger partial charge is 0.00797 e. The van der Waals surface area contributed by atoms with Crippen LogP contribution in [0.5, 0.6) is 0 Å². The summed E-state index contributed by atoms with van der Waals surface area (Å²) in [6, 6.07) is 9.14. The Morgan fingerprint density at radius 1 is 1.00 bits per heavy atom. The largest absolute Gasteiger partial charge is 0.0998 e. The summed E-state index contributed by atoms with van der Waals surface area (Å²) >= 11 is 0. The molecular formula is C22H36. The number of unbranched alkanes of at least 4 members (excludes halogenated alkanes) is 2. The van der Waals surface area contributed by atoms with Gasteiger partial charge in [0.2, 0.25) is 0 Å². The van der Waals surface area contributed by atoms with Gasteiger partial charge in [-0.05, 0) is 43.7 Å². The quantitative estimate of drug-likeness (QED) is 0.328. The second-order valence-corrected chi connectivity index (χ2v) is 5.91. The maximum atomic E-state index is 4.16. The van der Waals surface area contributed by atoms with Crippen LogP contribution in [-0.2, 0) is 6.42 Å². The number of benzene rings is 1. The molecule has 0 nitrogen and oxygen atoms in total. The van der Waals surface area contributed by atoms with Crippen molar-refractivity contribution >= 4 is 0 Å². The molecule has 0 fully saturated rings. The van der Waals surface area contributed by atoms with Gasteiger partial charge < -0.3 is 0 Å². The van der Waals surface area contributed by atoms with E-state index in [9.17, 15) is 0 Å². The molecule has 0 heteroatoms. The molecule has 1 atom stereocenters. The Kier molecular flexibility index (Phi) is 11.5. The van der Waals surface area contributed by atoms with Crippen molar-refractivity contribution < 1.29 is 0 Å². The van der Waals surface area contributed by atoms with Gasteiger partial charge >= 0.3 is 0 Å². The van der Waals surface area contributed by atoms with Crippen molar-refractivity contribution in [3.05, 3.63) is 59.7 Å². The molecule has 1 unspecified atom stereocenters. The van der Waals surface area contributed by atoms with Crippen molar-refractivity contribution in [1.29, 1.82) is 0 Å². The summed E-state index contributed by atoms with van der Waals surface area (Å²) in [6.45, 7) is 18.9. The Morgan fingerprint density at radius 3 is 2.05 bits per heavy atom. The lowest BCUT2D eigenvalue weighted by Crippen LogP contribution is -2.01. The lowest BCUT2D eigenvalue weighted by molar-refractivity contribution is 0.716. The molecule has 0 saturated carbocycles. The van der Waals surface area contributed by atoms with E-state index in [2.05, 4.69) is 58.2 Å². The lowest BCUT2D eigenvalue weighted by atomic mass is 9.86.